The first-order chi connectivity index (χ1) is 14.4. The average molecular weight is 483 g/mol. The maximum Gasteiger partial charge on any atom is 0.301 e. The van der Waals surface area contributed by atoms with E-state index >= 15 is 0 Å². The van der Waals surface area contributed by atoms with Crippen LogP contribution in [-0.4, -0.2) is 21.8 Å². The molecule has 1 saturated heterocycles. The summed E-state index contributed by atoms with van der Waals surface area (Å²) in [6.07, 6.45) is 1.59. The van der Waals surface area contributed by atoms with Crippen molar-refractivity contribution in [3.8, 4) is 0 Å². The Kier molecular flexibility index (Phi) is 5.58. The van der Waals surface area contributed by atoms with Gasteiger partial charge in [-0.05, 0) is 29.2 Å². The van der Waals surface area contributed by atoms with Gasteiger partial charge in [0.05, 0.1) is 11.6 Å². The summed E-state index contributed by atoms with van der Waals surface area (Å²) in [4.78, 5) is 31.6. The predicted molar refractivity (Wildman–Crippen MR) is 122 cm³/mol. The molecule has 1 aliphatic rings. The molecule has 1 amide bonds. The van der Waals surface area contributed by atoms with Gasteiger partial charge in [-0.1, -0.05) is 66.2 Å². The summed E-state index contributed by atoms with van der Waals surface area (Å²) in [7, 11) is 0. The van der Waals surface area contributed by atoms with Gasteiger partial charge in [0, 0.05) is 21.6 Å². The van der Waals surface area contributed by atoms with Gasteiger partial charge in [0.2, 0.25) is 0 Å². The van der Waals surface area contributed by atoms with Gasteiger partial charge in [-0.3, -0.25) is 14.5 Å². The predicted octanol–water partition coefficient (Wildman–Crippen LogP) is 5.66. The molecular formula is C23H19BrN2O3S. The molecule has 30 heavy (non-hydrogen) atoms. The van der Waals surface area contributed by atoms with E-state index in [9.17, 15) is 14.7 Å². The number of carbonyl (C=O) groups is 2. The van der Waals surface area contributed by atoms with Crippen molar-refractivity contribution in [3.05, 3.63) is 86.8 Å². The number of thiazole rings is 1. The van der Waals surface area contributed by atoms with Crippen molar-refractivity contribution in [1.82, 2.24) is 4.98 Å². The summed E-state index contributed by atoms with van der Waals surface area (Å²) < 4.78 is 0.850. The van der Waals surface area contributed by atoms with Gasteiger partial charge in [-0.25, -0.2) is 4.98 Å². The largest absolute Gasteiger partial charge is 0.507 e. The first kappa shape index (κ1) is 20.5. The van der Waals surface area contributed by atoms with Crippen LogP contribution in [0.2, 0.25) is 0 Å². The van der Waals surface area contributed by atoms with E-state index in [1.165, 1.54) is 16.2 Å². The Labute approximate surface area is 186 Å². The van der Waals surface area contributed by atoms with E-state index in [2.05, 4.69) is 34.8 Å². The zero-order valence-corrected chi connectivity index (χ0v) is 18.8. The average Bonchev–Trinajstić information content (AvgIpc) is 3.35. The van der Waals surface area contributed by atoms with Gasteiger partial charge in [-0.15, -0.1) is 11.3 Å². The van der Waals surface area contributed by atoms with E-state index in [0.29, 0.717) is 16.6 Å². The fraction of sp³-hybridized carbons (Fsp3) is 0.174. The maximum absolute atomic E-state index is 13.0. The van der Waals surface area contributed by atoms with Gasteiger partial charge in [0.25, 0.3) is 5.78 Å². The van der Waals surface area contributed by atoms with Crippen LogP contribution in [0.4, 0.5) is 5.13 Å². The lowest BCUT2D eigenvalue weighted by molar-refractivity contribution is -0.132. The lowest BCUT2D eigenvalue weighted by Crippen LogP contribution is -2.29. The van der Waals surface area contributed by atoms with Crippen molar-refractivity contribution in [3.63, 3.8) is 0 Å². The van der Waals surface area contributed by atoms with Crippen LogP contribution in [0.3, 0.4) is 0 Å². The quantitative estimate of drug-likeness (QED) is 0.296. The van der Waals surface area contributed by atoms with Crippen LogP contribution < -0.4 is 4.90 Å². The number of benzene rings is 2. The highest BCUT2D eigenvalue weighted by Crippen LogP contribution is 2.42. The Bertz CT molecular complexity index is 1120. The number of hydrogen-bond donors (Lipinski definition) is 1. The molecule has 5 nitrogen and oxygen atoms in total. The van der Waals surface area contributed by atoms with Gasteiger partial charge in [0.15, 0.2) is 5.13 Å². The summed E-state index contributed by atoms with van der Waals surface area (Å²) in [6.45, 7) is 4.20. The van der Waals surface area contributed by atoms with Crippen LogP contribution in [0.5, 0.6) is 0 Å². The number of aromatic nitrogens is 1. The fourth-order valence-corrected chi connectivity index (χ4v) is 4.44. The molecular weight excluding hydrogens is 464 g/mol. The lowest BCUT2D eigenvalue weighted by atomic mass is 9.93. The normalized spacial score (nSPS) is 18.4. The molecule has 1 N–H and O–H groups in total. The summed E-state index contributed by atoms with van der Waals surface area (Å²) in [5, 5.41) is 13.2. The maximum atomic E-state index is 13.0. The molecule has 1 aromatic heterocycles. The van der Waals surface area contributed by atoms with Crippen LogP contribution in [0.15, 0.2) is 70.2 Å². The Hall–Kier alpha value is -2.77. The smallest absolute Gasteiger partial charge is 0.301 e. The van der Waals surface area contributed by atoms with E-state index in [1.54, 1.807) is 35.8 Å². The third-order valence-corrected chi connectivity index (χ3v) is 6.41. The Morgan fingerprint density at radius 3 is 2.33 bits per heavy atom. The molecule has 7 heteroatoms. The molecule has 0 unspecified atom stereocenters. The second kappa shape index (κ2) is 8.16. The van der Waals surface area contributed by atoms with Gasteiger partial charge in [-0.2, -0.15) is 0 Å². The first-order valence-corrected chi connectivity index (χ1v) is 11.1. The number of ketones is 1. The van der Waals surface area contributed by atoms with Crippen LogP contribution >= 0.6 is 27.3 Å². The van der Waals surface area contributed by atoms with Gasteiger partial charge in [0.1, 0.15) is 5.76 Å². The highest BCUT2D eigenvalue weighted by Gasteiger charge is 2.47. The van der Waals surface area contributed by atoms with Crippen molar-refractivity contribution < 1.29 is 14.7 Å². The molecule has 0 bridgehead atoms. The highest BCUT2D eigenvalue weighted by atomic mass is 79.9. The Morgan fingerprint density at radius 2 is 1.77 bits per heavy atom. The van der Waals surface area contributed by atoms with Crippen LogP contribution in [0.25, 0.3) is 5.76 Å². The van der Waals surface area contributed by atoms with Gasteiger partial charge >= 0.3 is 5.91 Å². The molecule has 2 heterocycles. The second-order valence-corrected chi connectivity index (χ2v) is 9.10. The second-order valence-electron chi connectivity index (χ2n) is 7.31. The first-order valence-electron chi connectivity index (χ1n) is 9.44. The molecule has 0 radical (unpaired) electrons. The number of rotatable bonds is 4. The molecule has 4 rings (SSSR count). The van der Waals surface area contributed by atoms with E-state index in [0.717, 1.165) is 15.6 Å². The minimum Gasteiger partial charge on any atom is -0.507 e. The number of nitrogens with zero attached hydrogens (tertiary/aromatic N) is 2. The van der Waals surface area contributed by atoms with E-state index in [4.69, 9.17) is 0 Å². The zero-order valence-electron chi connectivity index (χ0n) is 16.4. The summed E-state index contributed by atoms with van der Waals surface area (Å²) in [5.74, 6) is -1.25. The number of carbonyl (C=O) groups excluding carboxylic acids is 2. The lowest BCUT2D eigenvalue weighted by Gasteiger charge is -2.23. The number of hydrogen-bond acceptors (Lipinski definition) is 5. The number of anilines is 1. The standard InChI is InChI=1S/C23H19BrN2O3S/c1-13(2)14-3-5-15(6-4-14)19-18(20(27)16-7-9-17(24)10-8-16)21(28)22(29)26(19)23-25-11-12-30-23/h3-13,19,27H,1-2H3/b20-18+/t19-/m1/s1. The van der Waals surface area contributed by atoms with Crippen molar-refractivity contribution in [1.29, 1.82) is 0 Å². The van der Waals surface area contributed by atoms with Crippen molar-refractivity contribution in [2.45, 2.75) is 25.8 Å². The molecule has 0 aliphatic carbocycles. The highest BCUT2D eigenvalue weighted by molar-refractivity contribution is 9.10. The SMILES string of the molecule is CC(C)c1ccc([C@@H]2/C(=C(\O)c3ccc(Br)cc3)C(=O)C(=O)N2c2nccs2)cc1. The number of halogens is 1. The third-order valence-electron chi connectivity index (χ3n) is 5.11. The number of amides is 1. The fourth-order valence-electron chi connectivity index (χ4n) is 3.51. The molecule has 2 aromatic carbocycles. The van der Waals surface area contributed by atoms with Crippen molar-refractivity contribution >= 4 is 49.8 Å². The summed E-state index contributed by atoms with van der Waals surface area (Å²) in [5.41, 5.74) is 2.43. The molecule has 0 spiro atoms. The monoisotopic (exact) mass is 482 g/mol. The van der Waals surface area contributed by atoms with Crippen molar-refractivity contribution in [2.75, 3.05) is 4.90 Å². The van der Waals surface area contributed by atoms with E-state index in [-0.39, 0.29) is 11.3 Å². The molecule has 1 fully saturated rings. The number of aliphatic hydroxyl groups is 1. The minimum absolute atomic E-state index is 0.0646. The van der Waals surface area contributed by atoms with E-state index < -0.39 is 17.7 Å². The number of Topliss-reactive ketones (excluding diaryl/α,β-unsaturated/α-hetero) is 1. The Balaban J connectivity index is 1.90. The van der Waals surface area contributed by atoms with Gasteiger partial charge < -0.3 is 5.11 Å². The third kappa shape index (κ3) is 3.59. The van der Waals surface area contributed by atoms with Crippen LogP contribution in [0, 0.1) is 0 Å². The summed E-state index contributed by atoms with van der Waals surface area (Å²) >= 11 is 4.64. The molecule has 152 valence electrons. The van der Waals surface area contributed by atoms with Crippen molar-refractivity contribution in [2.24, 2.45) is 0 Å². The van der Waals surface area contributed by atoms with Crippen LogP contribution in [0.1, 0.15) is 42.5 Å². The number of aliphatic hydroxyl groups excluding tert-OH is 1. The Morgan fingerprint density at radius 1 is 1.10 bits per heavy atom. The molecule has 1 aliphatic heterocycles. The molecule has 1 atom stereocenters. The van der Waals surface area contributed by atoms with Crippen LogP contribution in [-0.2, 0) is 9.59 Å². The van der Waals surface area contributed by atoms with E-state index in [1.807, 2.05) is 24.3 Å². The minimum atomic E-state index is -0.749. The molecule has 0 saturated carbocycles. The summed E-state index contributed by atoms with van der Waals surface area (Å²) in [6, 6.07) is 14.0. The topological polar surface area (TPSA) is 70.5 Å². The molecule has 3 aromatic rings. The zero-order chi connectivity index (χ0) is 21.4.